The second kappa shape index (κ2) is 4.41. The topological polar surface area (TPSA) is 43.4 Å². The summed E-state index contributed by atoms with van der Waals surface area (Å²) in [6, 6.07) is 15.0. The van der Waals surface area contributed by atoms with E-state index in [0.29, 0.717) is 23.3 Å². The molecule has 4 rings (SSSR count). The molecule has 0 amide bonds. The minimum atomic E-state index is -0.674. The summed E-state index contributed by atoms with van der Waals surface area (Å²) in [7, 11) is 1.58. The molecule has 0 atom stereocenters. The highest BCUT2D eigenvalue weighted by molar-refractivity contribution is 6.14. The first-order valence-electron chi connectivity index (χ1n) is 7.21. The van der Waals surface area contributed by atoms with E-state index in [9.17, 15) is 9.59 Å². The fourth-order valence-corrected chi connectivity index (χ4v) is 3.75. The molecule has 0 aliphatic heterocycles. The number of methoxy groups -OCH3 is 1. The van der Waals surface area contributed by atoms with Gasteiger partial charge in [0.1, 0.15) is 5.76 Å². The first-order chi connectivity index (χ1) is 10.7. The maximum atomic E-state index is 12.8. The third-order valence-corrected chi connectivity index (χ3v) is 4.63. The quantitative estimate of drug-likeness (QED) is 0.811. The van der Waals surface area contributed by atoms with Gasteiger partial charge in [0.25, 0.3) is 0 Å². The monoisotopic (exact) mass is 290 g/mol. The Bertz CT molecular complexity index is 796. The number of hydrogen-bond donors (Lipinski definition) is 0. The van der Waals surface area contributed by atoms with Crippen LogP contribution in [0, 0.1) is 0 Å². The number of ether oxygens (including phenoxy) is 1. The van der Waals surface area contributed by atoms with Crippen molar-refractivity contribution in [2.24, 2.45) is 0 Å². The molecule has 2 aliphatic carbocycles. The Morgan fingerprint density at radius 2 is 1.45 bits per heavy atom. The van der Waals surface area contributed by atoms with Gasteiger partial charge in [0, 0.05) is 23.6 Å². The summed E-state index contributed by atoms with van der Waals surface area (Å²) >= 11 is 0. The molecule has 0 saturated heterocycles. The lowest BCUT2D eigenvalue weighted by molar-refractivity contribution is -0.114. The molecule has 2 aromatic rings. The van der Waals surface area contributed by atoms with Gasteiger partial charge in [0.15, 0.2) is 11.6 Å². The number of hydrogen-bond acceptors (Lipinski definition) is 3. The predicted molar refractivity (Wildman–Crippen MR) is 81.8 cm³/mol. The van der Waals surface area contributed by atoms with E-state index < -0.39 is 5.41 Å². The van der Waals surface area contributed by atoms with Gasteiger partial charge in [-0.1, -0.05) is 48.5 Å². The molecule has 0 radical (unpaired) electrons. The smallest absolute Gasteiger partial charge is 0.193 e. The van der Waals surface area contributed by atoms with Gasteiger partial charge in [0.2, 0.25) is 0 Å². The minimum Gasteiger partial charge on any atom is -0.500 e. The summed E-state index contributed by atoms with van der Waals surface area (Å²) in [6.07, 6.45) is 1.86. The van der Waals surface area contributed by atoms with Crippen LogP contribution >= 0.6 is 0 Å². The number of ketones is 2. The van der Waals surface area contributed by atoms with Gasteiger partial charge in [-0.2, -0.15) is 0 Å². The summed E-state index contributed by atoms with van der Waals surface area (Å²) in [6.45, 7) is 0. The molecule has 0 fully saturated rings. The molecule has 0 aromatic heterocycles. The van der Waals surface area contributed by atoms with Gasteiger partial charge in [0.05, 0.1) is 12.5 Å². The van der Waals surface area contributed by atoms with Gasteiger partial charge in [-0.3, -0.25) is 9.59 Å². The molecule has 2 aliphatic rings. The summed E-state index contributed by atoms with van der Waals surface area (Å²) in [5, 5.41) is 0. The summed E-state index contributed by atoms with van der Waals surface area (Å²) in [4.78, 5) is 24.9. The molecule has 108 valence electrons. The molecule has 0 bridgehead atoms. The Kier molecular flexibility index (Phi) is 2.61. The maximum absolute atomic E-state index is 12.8. The normalized spacial score (nSPS) is 18.0. The fraction of sp³-hybridized carbons (Fsp3) is 0.158. The van der Waals surface area contributed by atoms with Gasteiger partial charge in [-0.15, -0.1) is 0 Å². The van der Waals surface area contributed by atoms with Gasteiger partial charge >= 0.3 is 0 Å². The molecular formula is C19H14O3. The Hall–Kier alpha value is -2.68. The van der Waals surface area contributed by atoms with Crippen molar-refractivity contribution in [2.75, 3.05) is 7.11 Å². The SMILES string of the molecule is COC1=CC(=O)CC12c1ccccc1C(=O)c1ccccc12. The second-order valence-electron chi connectivity index (χ2n) is 5.68. The van der Waals surface area contributed by atoms with Crippen molar-refractivity contribution in [3.8, 4) is 0 Å². The van der Waals surface area contributed by atoms with E-state index in [1.165, 1.54) is 0 Å². The van der Waals surface area contributed by atoms with Crippen molar-refractivity contribution < 1.29 is 14.3 Å². The number of fused-ring (bicyclic) bond motifs is 4. The van der Waals surface area contributed by atoms with E-state index in [2.05, 4.69) is 0 Å². The van der Waals surface area contributed by atoms with Crippen molar-refractivity contribution in [1.82, 2.24) is 0 Å². The fourth-order valence-electron chi connectivity index (χ4n) is 3.75. The molecule has 0 saturated carbocycles. The van der Waals surface area contributed by atoms with Crippen LogP contribution in [0.1, 0.15) is 33.5 Å². The van der Waals surface area contributed by atoms with E-state index in [-0.39, 0.29) is 11.6 Å². The summed E-state index contributed by atoms with van der Waals surface area (Å²) < 4.78 is 5.55. The number of rotatable bonds is 1. The lowest BCUT2D eigenvalue weighted by Crippen LogP contribution is -2.36. The van der Waals surface area contributed by atoms with Crippen LogP contribution in [-0.2, 0) is 14.9 Å². The van der Waals surface area contributed by atoms with Gasteiger partial charge < -0.3 is 4.74 Å². The Morgan fingerprint density at radius 3 is 2.00 bits per heavy atom. The molecule has 3 nitrogen and oxygen atoms in total. The largest absolute Gasteiger partial charge is 0.500 e. The van der Waals surface area contributed by atoms with Crippen molar-refractivity contribution in [1.29, 1.82) is 0 Å². The molecule has 0 N–H and O–H groups in total. The third kappa shape index (κ3) is 1.45. The van der Waals surface area contributed by atoms with Crippen molar-refractivity contribution in [3.63, 3.8) is 0 Å². The van der Waals surface area contributed by atoms with E-state index in [1.807, 2.05) is 48.5 Å². The van der Waals surface area contributed by atoms with Crippen LogP contribution in [0.15, 0.2) is 60.4 Å². The average Bonchev–Trinajstić information content (AvgIpc) is 2.90. The van der Waals surface area contributed by atoms with Crippen molar-refractivity contribution >= 4 is 11.6 Å². The Labute approximate surface area is 128 Å². The summed E-state index contributed by atoms with van der Waals surface area (Å²) in [5.74, 6) is 0.646. The Balaban J connectivity index is 2.13. The first-order valence-corrected chi connectivity index (χ1v) is 7.21. The molecule has 1 spiro atoms. The molecule has 3 heteroatoms. The minimum absolute atomic E-state index is 0.00614. The molecular weight excluding hydrogens is 276 g/mol. The zero-order valence-corrected chi connectivity index (χ0v) is 12.1. The number of carbonyl (C=O) groups excluding carboxylic acids is 2. The highest BCUT2D eigenvalue weighted by Crippen LogP contribution is 2.51. The second-order valence-corrected chi connectivity index (χ2v) is 5.68. The van der Waals surface area contributed by atoms with Crippen LogP contribution < -0.4 is 0 Å². The summed E-state index contributed by atoms with van der Waals surface area (Å²) in [5.41, 5.74) is 2.35. The highest BCUT2D eigenvalue weighted by atomic mass is 16.5. The van der Waals surface area contributed by atoms with Crippen LogP contribution in [0.4, 0.5) is 0 Å². The van der Waals surface area contributed by atoms with Crippen LogP contribution in [0.2, 0.25) is 0 Å². The highest BCUT2D eigenvalue weighted by Gasteiger charge is 2.51. The number of allylic oxidation sites excluding steroid dienone is 2. The zero-order chi connectivity index (χ0) is 15.3. The van der Waals surface area contributed by atoms with Gasteiger partial charge in [-0.25, -0.2) is 0 Å². The molecule has 2 aromatic carbocycles. The number of benzene rings is 2. The predicted octanol–water partition coefficient (Wildman–Crippen LogP) is 3.02. The zero-order valence-electron chi connectivity index (χ0n) is 12.1. The standard InChI is InChI=1S/C19H14O3/c1-22-17-10-12(20)11-19(17)15-8-4-2-6-13(15)18(21)14-7-3-5-9-16(14)19/h2-10H,11H2,1H3. The third-order valence-electron chi connectivity index (χ3n) is 4.63. The van der Waals surface area contributed by atoms with Crippen LogP contribution in [0.25, 0.3) is 0 Å². The van der Waals surface area contributed by atoms with Gasteiger partial charge in [-0.05, 0) is 11.1 Å². The van der Waals surface area contributed by atoms with Crippen LogP contribution in [0.3, 0.4) is 0 Å². The van der Waals surface area contributed by atoms with E-state index in [4.69, 9.17) is 4.74 Å². The van der Waals surface area contributed by atoms with E-state index in [0.717, 1.165) is 11.1 Å². The van der Waals surface area contributed by atoms with Crippen molar-refractivity contribution in [2.45, 2.75) is 11.8 Å². The lowest BCUT2D eigenvalue weighted by Gasteiger charge is -2.37. The van der Waals surface area contributed by atoms with E-state index in [1.54, 1.807) is 13.2 Å². The van der Waals surface area contributed by atoms with Crippen LogP contribution in [-0.4, -0.2) is 18.7 Å². The number of carbonyl (C=O) groups is 2. The lowest BCUT2D eigenvalue weighted by atomic mass is 9.65. The molecule has 22 heavy (non-hydrogen) atoms. The molecule has 0 unspecified atom stereocenters. The Morgan fingerprint density at radius 1 is 0.909 bits per heavy atom. The average molecular weight is 290 g/mol. The van der Waals surface area contributed by atoms with Crippen molar-refractivity contribution in [3.05, 3.63) is 82.6 Å². The first kappa shape index (κ1) is 13.0. The molecule has 0 heterocycles. The maximum Gasteiger partial charge on any atom is 0.193 e. The van der Waals surface area contributed by atoms with E-state index >= 15 is 0 Å². The van der Waals surface area contributed by atoms with Crippen LogP contribution in [0.5, 0.6) is 0 Å².